The minimum Gasteiger partial charge on any atom is -0.490 e. The average Bonchev–Trinajstić information content (AvgIpc) is 2.41. The lowest BCUT2D eigenvalue weighted by atomic mass is 10.5. The maximum absolute atomic E-state index is 5.34. The van der Waals surface area contributed by atoms with E-state index in [2.05, 4.69) is 25.3 Å². The van der Waals surface area contributed by atoms with Gasteiger partial charge in [0.05, 0.1) is 13.3 Å². The Morgan fingerprint density at radius 2 is 2.17 bits per heavy atom. The van der Waals surface area contributed by atoms with Crippen LogP contribution in [0, 0.1) is 0 Å². The van der Waals surface area contributed by atoms with Crippen LogP contribution in [0.2, 0.25) is 0 Å². The van der Waals surface area contributed by atoms with Crippen LogP contribution in [0.4, 0.5) is 5.82 Å². The molecular weight excluding hydrogens is 250 g/mol. The van der Waals surface area contributed by atoms with Crippen molar-refractivity contribution in [3.63, 3.8) is 0 Å². The molecule has 18 heavy (non-hydrogen) atoms. The molecule has 2 heterocycles. The van der Waals surface area contributed by atoms with Gasteiger partial charge >= 0.3 is 0 Å². The molecule has 0 aliphatic rings. The van der Waals surface area contributed by atoms with Crippen LogP contribution < -0.4 is 10.1 Å². The Hall–Kier alpha value is -1.89. The average molecular weight is 263 g/mol. The summed E-state index contributed by atoms with van der Waals surface area (Å²) in [7, 11) is 1.60. The van der Waals surface area contributed by atoms with Gasteiger partial charge in [-0.2, -0.15) is 0 Å². The number of ether oxygens (including phenoxy) is 1. The second kappa shape index (κ2) is 6.15. The quantitative estimate of drug-likeness (QED) is 0.825. The zero-order valence-corrected chi connectivity index (χ0v) is 10.9. The Morgan fingerprint density at radius 1 is 1.28 bits per heavy atom. The van der Waals surface area contributed by atoms with Crippen molar-refractivity contribution in [3.8, 4) is 5.75 Å². The van der Waals surface area contributed by atoms with Crippen LogP contribution in [-0.2, 0) is 0 Å². The van der Waals surface area contributed by atoms with Gasteiger partial charge in [0.15, 0.2) is 16.6 Å². The van der Waals surface area contributed by atoms with E-state index in [1.54, 1.807) is 25.7 Å². The summed E-state index contributed by atoms with van der Waals surface area (Å²) in [6.45, 7) is 2.76. The predicted octanol–water partition coefficient (Wildman–Crippen LogP) is 1.86. The molecule has 2 aromatic rings. The third kappa shape index (κ3) is 2.86. The molecule has 0 aliphatic heterocycles. The normalized spacial score (nSPS) is 10.1. The molecule has 0 saturated heterocycles. The van der Waals surface area contributed by atoms with Crippen molar-refractivity contribution in [1.82, 2.24) is 19.9 Å². The maximum Gasteiger partial charge on any atom is 0.194 e. The van der Waals surface area contributed by atoms with Crippen LogP contribution >= 0.6 is 11.8 Å². The van der Waals surface area contributed by atoms with Crippen LogP contribution in [0.15, 0.2) is 35.0 Å². The van der Waals surface area contributed by atoms with E-state index in [1.165, 1.54) is 18.1 Å². The summed E-state index contributed by atoms with van der Waals surface area (Å²) in [5, 5.41) is 4.60. The number of methoxy groups -OCH3 is 1. The molecule has 6 nitrogen and oxygen atoms in total. The molecule has 2 rings (SSSR count). The first kappa shape index (κ1) is 12.6. The van der Waals surface area contributed by atoms with Crippen molar-refractivity contribution in [3.05, 3.63) is 24.9 Å². The number of hydrogen-bond acceptors (Lipinski definition) is 7. The Kier molecular flexibility index (Phi) is 4.30. The van der Waals surface area contributed by atoms with E-state index >= 15 is 0 Å². The molecule has 0 bridgehead atoms. The van der Waals surface area contributed by atoms with Gasteiger partial charge in [0.25, 0.3) is 0 Å². The maximum atomic E-state index is 5.34. The first-order valence-corrected chi connectivity index (χ1v) is 6.23. The number of aromatic nitrogens is 4. The summed E-state index contributed by atoms with van der Waals surface area (Å²) < 4.78 is 5.34. The molecule has 0 spiro atoms. The van der Waals surface area contributed by atoms with Crippen LogP contribution in [-0.4, -0.2) is 33.6 Å². The van der Waals surface area contributed by atoms with E-state index in [1.807, 2.05) is 6.92 Å². The lowest BCUT2D eigenvalue weighted by molar-refractivity contribution is 0.400. The molecule has 0 atom stereocenters. The second-order valence-electron chi connectivity index (χ2n) is 3.24. The van der Waals surface area contributed by atoms with Gasteiger partial charge in [-0.25, -0.2) is 15.0 Å². The third-order valence-electron chi connectivity index (χ3n) is 2.06. The standard InChI is InChI=1S/C11H13N5OS/c1-3-13-10-9(17-2)11(16-7-15-10)18-8-6-12-4-5-14-8/h4-7H,3H2,1-2H3,(H,13,15,16). The Balaban J connectivity index is 2.30. The van der Waals surface area contributed by atoms with Gasteiger partial charge in [-0.3, -0.25) is 4.98 Å². The van der Waals surface area contributed by atoms with Crippen LogP contribution in [0.25, 0.3) is 0 Å². The van der Waals surface area contributed by atoms with Crippen molar-refractivity contribution in [2.24, 2.45) is 0 Å². The summed E-state index contributed by atoms with van der Waals surface area (Å²) in [6, 6.07) is 0. The highest BCUT2D eigenvalue weighted by atomic mass is 32.2. The minimum atomic E-state index is 0.620. The van der Waals surface area contributed by atoms with E-state index in [-0.39, 0.29) is 0 Å². The second-order valence-corrected chi connectivity index (χ2v) is 4.25. The highest BCUT2D eigenvalue weighted by Crippen LogP contribution is 2.35. The summed E-state index contributed by atoms with van der Waals surface area (Å²) in [4.78, 5) is 16.6. The van der Waals surface area contributed by atoms with Gasteiger partial charge in [0.1, 0.15) is 11.4 Å². The van der Waals surface area contributed by atoms with Gasteiger partial charge in [0, 0.05) is 18.9 Å². The van der Waals surface area contributed by atoms with E-state index in [9.17, 15) is 0 Å². The van der Waals surface area contributed by atoms with Gasteiger partial charge in [-0.05, 0) is 18.7 Å². The number of nitrogens with zero attached hydrogens (tertiary/aromatic N) is 4. The monoisotopic (exact) mass is 263 g/mol. The fourth-order valence-electron chi connectivity index (χ4n) is 1.34. The molecule has 7 heteroatoms. The van der Waals surface area contributed by atoms with E-state index < -0.39 is 0 Å². The van der Waals surface area contributed by atoms with Crippen LogP contribution in [0.1, 0.15) is 6.92 Å². The summed E-state index contributed by atoms with van der Waals surface area (Å²) in [6.07, 6.45) is 6.45. The highest BCUT2D eigenvalue weighted by molar-refractivity contribution is 7.99. The topological polar surface area (TPSA) is 72.8 Å². The molecule has 0 aliphatic carbocycles. The van der Waals surface area contributed by atoms with Crippen molar-refractivity contribution < 1.29 is 4.74 Å². The van der Waals surface area contributed by atoms with Crippen LogP contribution in [0.3, 0.4) is 0 Å². The van der Waals surface area contributed by atoms with E-state index in [0.29, 0.717) is 16.6 Å². The Morgan fingerprint density at radius 3 is 2.83 bits per heavy atom. The van der Waals surface area contributed by atoms with Gasteiger partial charge in [-0.15, -0.1) is 0 Å². The van der Waals surface area contributed by atoms with E-state index in [4.69, 9.17) is 4.74 Å². The summed E-state index contributed by atoms with van der Waals surface area (Å²) in [5.41, 5.74) is 0. The van der Waals surface area contributed by atoms with Crippen molar-refractivity contribution in [1.29, 1.82) is 0 Å². The van der Waals surface area contributed by atoms with Gasteiger partial charge in [-0.1, -0.05) is 0 Å². The zero-order valence-electron chi connectivity index (χ0n) is 10.1. The molecule has 0 unspecified atom stereocenters. The van der Waals surface area contributed by atoms with E-state index in [0.717, 1.165) is 11.6 Å². The number of rotatable bonds is 5. The van der Waals surface area contributed by atoms with Crippen LogP contribution in [0.5, 0.6) is 5.75 Å². The van der Waals surface area contributed by atoms with Crippen molar-refractivity contribution >= 4 is 17.6 Å². The van der Waals surface area contributed by atoms with Crippen molar-refractivity contribution in [2.45, 2.75) is 17.0 Å². The number of anilines is 1. The molecule has 0 fully saturated rings. The Bertz CT molecular complexity index is 508. The first-order valence-electron chi connectivity index (χ1n) is 5.42. The summed E-state index contributed by atoms with van der Waals surface area (Å²) >= 11 is 1.39. The highest BCUT2D eigenvalue weighted by Gasteiger charge is 2.13. The first-order chi connectivity index (χ1) is 8.85. The molecular formula is C11H13N5OS. The lowest BCUT2D eigenvalue weighted by Crippen LogP contribution is -2.03. The molecule has 0 radical (unpaired) electrons. The fourth-order valence-corrected chi connectivity index (χ4v) is 2.14. The van der Waals surface area contributed by atoms with Gasteiger partial charge < -0.3 is 10.1 Å². The zero-order chi connectivity index (χ0) is 12.8. The lowest BCUT2D eigenvalue weighted by Gasteiger charge is -2.11. The molecule has 0 saturated carbocycles. The fraction of sp³-hybridized carbons (Fsp3) is 0.273. The Labute approximate surface area is 109 Å². The number of nitrogens with one attached hydrogen (secondary N) is 1. The SMILES string of the molecule is CCNc1ncnc(Sc2cnccn2)c1OC. The largest absolute Gasteiger partial charge is 0.490 e. The third-order valence-corrected chi connectivity index (χ3v) is 2.96. The minimum absolute atomic E-state index is 0.620. The molecule has 0 amide bonds. The summed E-state index contributed by atoms with van der Waals surface area (Å²) in [5.74, 6) is 1.30. The number of hydrogen-bond donors (Lipinski definition) is 1. The van der Waals surface area contributed by atoms with Gasteiger partial charge in [0.2, 0.25) is 0 Å². The smallest absolute Gasteiger partial charge is 0.194 e. The molecule has 2 aromatic heterocycles. The predicted molar refractivity (Wildman–Crippen MR) is 68.9 cm³/mol. The molecule has 94 valence electrons. The molecule has 0 aromatic carbocycles. The molecule has 1 N–H and O–H groups in total. The van der Waals surface area contributed by atoms with Crippen molar-refractivity contribution in [2.75, 3.05) is 19.0 Å².